The summed E-state index contributed by atoms with van der Waals surface area (Å²) in [6.45, 7) is 5.23. The second-order valence-electron chi connectivity index (χ2n) is 9.68. The molecular formula is C29H34N2O2. The molecule has 1 fully saturated rings. The fourth-order valence-electron chi connectivity index (χ4n) is 4.14. The SMILES string of the molecule is COc1ccc(CCCNc2ccc(Cc3ccc(NC(=O)C4CC4(C)C)cc3)cc2)cc1. The fourth-order valence-corrected chi connectivity index (χ4v) is 4.14. The number of carbonyl (C=O) groups excluding carboxylic acids is 1. The molecule has 0 bridgehead atoms. The Balaban J connectivity index is 1.20. The molecule has 3 aromatic rings. The van der Waals surface area contributed by atoms with Crippen molar-refractivity contribution in [3.05, 3.63) is 89.5 Å². The van der Waals surface area contributed by atoms with Crippen molar-refractivity contribution in [1.82, 2.24) is 0 Å². The zero-order valence-corrected chi connectivity index (χ0v) is 19.9. The molecule has 1 aliphatic rings. The number of rotatable bonds is 10. The minimum absolute atomic E-state index is 0.139. The van der Waals surface area contributed by atoms with Crippen LogP contribution in [0.1, 0.15) is 43.4 Å². The summed E-state index contributed by atoms with van der Waals surface area (Å²) in [4.78, 5) is 12.3. The van der Waals surface area contributed by atoms with Gasteiger partial charge in [-0.05, 0) is 84.2 Å². The van der Waals surface area contributed by atoms with Gasteiger partial charge in [0.05, 0.1) is 7.11 Å². The van der Waals surface area contributed by atoms with Gasteiger partial charge in [0.15, 0.2) is 0 Å². The summed E-state index contributed by atoms with van der Waals surface area (Å²) in [5.74, 6) is 1.18. The van der Waals surface area contributed by atoms with Crippen LogP contribution < -0.4 is 15.4 Å². The molecule has 1 aliphatic carbocycles. The minimum atomic E-state index is 0.139. The topological polar surface area (TPSA) is 50.4 Å². The smallest absolute Gasteiger partial charge is 0.228 e. The molecule has 0 radical (unpaired) electrons. The van der Waals surface area contributed by atoms with Crippen molar-refractivity contribution < 1.29 is 9.53 Å². The van der Waals surface area contributed by atoms with E-state index in [0.717, 1.165) is 49.4 Å². The quantitative estimate of drug-likeness (QED) is 0.362. The lowest BCUT2D eigenvalue weighted by molar-refractivity contribution is -0.118. The van der Waals surface area contributed by atoms with Gasteiger partial charge in [0, 0.05) is 23.8 Å². The molecule has 0 aromatic heterocycles. The van der Waals surface area contributed by atoms with Gasteiger partial charge in [0.1, 0.15) is 5.75 Å². The third-order valence-corrected chi connectivity index (χ3v) is 6.54. The highest BCUT2D eigenvalue weighted by atomic mass is 16.5. The molecule has 1 unspecified atom stereocenters. The first-order valence-electron chi connectivity index (χ1n) is 11.8. The first-order valence-corrected chi connectivity index (χ1v) is 11.8. The number of aryl methyl sites for hydroxylation is 1. The van der Waals surface area contributed by atoms with E-state index < -0.39 is 0 Å². The van der Waals surface area contributed by atoms with Gasteiger partial charge in [-0.2, -0.15) is 0 Å². The van der Waals surface area contributed by atoms with Crippen LogP contribution >= 0.6 is 0 Å². The summed E-state index contributed by atoms with van der Waals surface area (Å²) in [5.41, 5.74) is 6.02. The molecule has 172 valence electrons. The summed E-state index contributed by atoms with van der Waals surface area (Å²) in [7, 11) is 1.69. The molecule has 4 nitrogen and oxygen atoms in total. The maximum absolute atomic E-state index is 12.3. The van der Waals surface area contributed by atoms with E-state index in [2.05, 4.69) is 73.0 Å². The molecule has 3 aromatic carbocycles. The first kappa shape index (κ1) is 22.9. The predicted octanol–water partition coefficient (Wildman–Crippen LogP) is 6.32. The van der Waals surface area contributed by atoms with Gasteiger partial charge < -0.3 is 15.4 Å². The number of carbonyl (C=O) groups is 1. The monoisotopic (exact) mass is 442 g/mol. The molecule has 1 atom stereocenters. The molecule has 1 amide bonds. The van der Waals surface area contributed by atoms with Crippen molar-refractivity contribution in [2.45, 2.75) is 39.5 Å². The van der Waals surface area contributed by atoms with Crippen molar-refractivity contribution in [3.8, 4) is 5.75 Å². The molecule has 4 heteroatoms. The molecule has 0 spiro atoms. The van der Waals surface area contributed by atoms with E-state index in [4.69, 9.17) is 4.74 Å². The van der Waals surface area contributed by atoms with Gasteiger partial charge in [-0.25, -0.2) is 0 Å². The molecule has 0 heterocycles. The van der Waals surface area contributed by atoms with Gasteiger partial charge in [0.25, 0.3) is 0 Å². The standard InChI is InChI=1S/C29H34N2O2/c1-29(2)20-27(29)28(32)31-25-14-8-23(9-15-25)19-22-6-12-24(13-7-22)30-18-4-5-21-10-16-26(33-3)17-11-21/h6-17,27,30H,4-5,18-20H2,1-3H3,(H,31,32). The molecule has 4 rings (SSSR count). The number of hydrogen-bond donors (Lipinski definition) is 2. The largest absolute Gasteiger partial charge is 0.497 e. The molecule has 1 saturated carbocycles. The Labute approximate surface area is 197 Å². The summed E-state index contributed by atoms with van der Waals surface area (Å²) in [6, 6.07) is 25.1. The predicted molar refractivity (Wildman–Crippen MR) is 136 cm³/mol. The lowest BCUT2D eigenvalue weighted by Gasteiger charge is -2.09. The van der Waals surface area contributed by atoms with Crippen molar-refractivity contribution >= 4 is 17.3 Å². The van der Waals surface area contributed by atoms with E-state index in [1.165, 1.54) is 16.7 Å². The van der Waals surface area contributed by atoms with Crippen molar-refractivity contribution in [1.29, 1.82) is 0 Å². The third kappa shape index (κ3) is 6.38. The Morgan fingerprint density at radius 1 is 0.879 bits per heavy atom. The summed E-state index contributed by atoms with van der Waals surface area (Å²) >= 11 is 0. The Morgan fingerprint density at radius 3 is 1.97 bits per heavy atom. The Bertz CT molecular complexity index is 1050. The van der Waals surface area contributed by atoms with Gasteiger partial charge in [-0.15, -0.1) is 0 Å². The van der Waals surface area contributed by atoms with Gasteiger partial charge >= 0.3 is 0 Å². The Kier molecular flexibility index (Phi) is 7.02. The van der Waals surface area contributed by atoms with Crippen LogP contribution in [0.5, 0.6) is 5.75 Å². The van der Waals surface area contributed by atoms with E-state index in [1.54, 1.807) is 7.11 Å². The normalized spacial score (nSPS) is 16.2. The second kappa shape index (κ2) is 10.1. The van der Waals surface area contributed by atoms with Gasteiger partial charge in [-0.3, -0.25) is 4.79 Å². The molecule has 2 N–H and O–H groups in total. The van der Waals surface area contributed by atoms with Crippen molar-refractivity contribution in [2.75, 3.05) is 24.3 Å². The highest BCUT2D eigenvalue weighted by molar-refractivity contribution is 5.94. The summed E-state index contributed by atoms with van der Waals surface area (Å²) in [6.07, 6.45) is 3.98. The molecular weight excluding hydrogens is 408 g/mol. The zero-order valence-electron chi connectivity index (χ0n) is 19.9. The van der Waals surface area contributed by atoms with Crippen LogP contribution in [0.25, 0.3) is 0 Å². The van der Waals surface area contributed by atoms with Crippen LogP contribution in [0.4, 0.5) is 11.4 Å². The Hall–Kier alpha value is -3.27. The lowest BCUT2D eigenvalue weighted by Crippen LogP contribution is -2.16. The first-order chi connectivity index (χ1) is 15.9. The van der Waals surface area contributed by atoms with E-state index in [0.29, 0.717) is 0 Å². The number of amides is 1. The maximum atomic E-state index is 12.3. The van der Waals surface area contributed by atoms with Gasteiger partial charge in [0.2, 0.25) is 5.91 Å². The number of ether oxygens (including phenoxy) is 1. The fraction of sp³-hybridized carbons (Fsp3) is 0.345. The van der Waals surface area contributed by atoms with Crippen LogP contribution in [0.15, 0.2) is 72.8 Å². The number of methoxy groups -OCH3 is 1. The number of anilines is 2. The number of nitrogens with one attached hydrogen (secondary N) is 2. The number of benzene rings is 3. The highest BCUT2D eigenvalue weighted by Gasteiger charge is 2.50. The van der Waals surface area contributed by atoms with Crippen molar-refractivity contribution in [2.24, 2.45) is 11.3 Å². The second-order valence-corrected chi connectivity index (χ2v) is 9.68. The average molecular weight is 443 g/mol. The Morgan fingerprint density at radius 2 is 1.42 bits per heavy atom. The number of hydrogen-bond acceptors (Lipinski definition) is 3. The van der Waals surface area contributed by atoms with Crippen LogP contribution in [0, 0.1) is 11.3 Å². The van der Waals surface area contributed by atoms with E-state index in [9.17, 15) is 4.79 Å². The minimum Gasteiger partial charge on any atom is -0.497 e. The van der Waals surface area contributed by atoms with E-state index in [-0.39, 0.29) is 17.2 Å². The van der Waals surface area contributed by atoms with Crippen LogP contribution in [-0.4, -0.2) is 19.6 Å². The molecule has 0 saturated heterocycles. The average Bonchev–Trinajstić information content (AvgIpc) is 3.48. The summed E-state index contributed by atoms with van der Waals surface area (Å²) in [5, 5.41) is 6.55. The zero-order chi connectivity index (χ0) is 23.3. The van der Waals surface area contributed by atoms with Crippen LogP contribution in [-0.2, 0) is 17.6 Å². The molecule has 0 aliphatic heterocycles. The van der Waals surface area contributed by atoms with E-state index in [1.807, 2.05) is 24.3 Å². The van der Waals surface area contributed by atoms with E-state index >= 15 is 0 Å². The third-order valence-electron chi connectivity index (χ3n) is 6.54. The van der Waals surface area contributed by atoms with Crippen molar-refractivity contribution in [3.63, 3.8) is 0 Å². The van der Waals surface area contributed by atoms with Crippen LogP contribution in [0.3, 0.4) is 0 Å². The maximum Gasteiger partial charge on any atom is 0.228 e. The van der Waals surface area contributed by atoms with Crippen LogP contribution in [0.2, 0.25) is 0 Å². The lowest BCUT2D eigenvalue weighted by atomic mass is 10.0. The molecule has 33 heavy (non-hydrogen) atoms. The summed E-state index contributed by atoms with van der Waals surface area (Å²) < 4.78 is 5.21. The van der Waals surface area contributed by atoms with Gasteiger partial charge in [-0.1, -0.05) is 50.2 Å². The highest BCUT2D eigenvalue weighted by Crippen LogP contribution is 2.51.